The van der Waals surface area contributed by atoms with Gasteiger partial charge in [-0.3, -0.25) is 14.2 Å². The summed E-state index contributed by atoms with van der Waals surface area (Å²) < 4.78 is 1.93. The van der Waals surface area contributed by atoms with E-state index >= 15 is 0 Å². The number of piperidine rings is 1. The van der Waals surface area contributed by atoms with Gasteiger partial charge in [0.25, 0.3) is 5.91 Å². The molecule has 0 aromatic carbocycles. The molecule has 9 heteroatoms. The number of fused-ring (bicyclic) bond motifs is 1. The molecule has 3 aromatic rings. The Morgan fingerprint density at radius 1 is 1.24 bits per heavy atom. The third kappa shape index (κ3) is 4.06. The van der Waals surface area contributed by atoms with E-state index in [0.717, 1.165) is 54.1 Å². The molecule has 0 radical (unpaired) electrons. The first-order chi connectivity index (χ1) is 16.5. The summed E-state index contributed by atoms with van der Waals surface area (Å²) in [4.78, 5) is 28.1. The highest BCUT2D eigenvalue weighted by Gasteiger charge is 2.28. The molecule has 3 N–H and O–H groups in total. The van der Waals surface area contributed by atoms with Crippen LogP contribution in [0.5, 0.6) is 0 Å². The largest absolute Gasteiger partial charge is 0.393 e. The third-order valence-corrected chi connectivity index (χ3v) is 6.35. The molecule has 2 aliphatic rings. The average molecular weight is 458 g/mol. The van der Waals surface area contributed by atoms with Gasteiger partial charge in [-0.2, -0.15) is 0 Å². The Kier molecular flexibility index (Phi) is 5.85. The highest BCUT2D eigenvalue weighted by molar-refractivity contribution is 6.06. The van der Waals surface area contributed by atoms with E-state index in [0.29, 0.717) is 23.6 Å². The fourth-order valence-corrected chi connectivity index (χ4v) is 4.56. The highest BCUT2D eigenvalue weighted by Crippen LogP contribution is 2.30. The maximum atomic E-state index is 12.8. The second-order valence-corrected chi connectivity index (χ2v) is 8.47. The molecule has 34 heavy (non-hydrogen) atoms. The van der Waals surface area contributed by atoms with Gasteiger partial charge in [0.1, 0.15) is 5.82 Å². The molecule has 0 atom stereocenters. The van der Waals surface area contributed by atoms with Crippen molar-refractivity contribution in [1.29, 1.82) is 0 Å². The van der Waals surface area contributed by atoms with Gasteiger partial charge in [0.05, 0.1) is 41.6 Å². The number of aliphatic hydroxyl groups is 1. The number of hydrogen-bond acceptors (Lipinski definition) is 7. The molecule has 5 rings (SSSR count). The molecule has 0 saturated carbocycles. The molecule has 9 nitrogen and oxygen atoms in total. The average Bonchev–Trinajstić information content (AvgIpc) is 3.45. The topological polar surface area (TPSA) is 108 Å². The number of amides is 1. The minimum absolute atomic E-state index is 0.140. The number of rotatable bonds is 5. The van der Waals surface area contributed by atoms with Crippen LogP contribution in [0.2, 0.25) is 0 Å². The summed E-state index contributed by atoms with van der Waals surface area (Å²) in [5.74, 6) is 0.518. The normalized spacial score (nSPS) is 19.8. The summed E-state index contributed by atoms with van der Waals surface area (Å²) in [5, 5.41) is 16.0. The zero-order valence-corrected chi connectivity index (χ0v) is 19.0. The van der Waals surface area contributed by atoms with Crippen LogP contribution in [-0.4, -0.2) is 56.1 Å². The summed E-state index contributed by atoms with van der Waals surface area (Å²) >= 11 is 0. The van der Waals surface area contributed by atoms with Crippen molar-refractivity contribution in [3.05, 3.63) is 78.3 Å². The number of pyridine rings is 1. The number of anilines is 2. The number of aromatic nitrogens is 4. The van der Waals surface area contributed by atoms with Gasteiger partial charge < -0.3 is 20.6 Å². The van der Waals surface area contributed by atoms with Gasteiger partial charge >= 0.3 is 0 Å². The number of carbonyl (C=O) groups is 1. The lowest BCUT2D eigenvalue weighted by molar-refractivity contribution is -0.116. The molecule has 5 heterocycles. The number of imidazole rings is 1. The second kappa shape index (κ2) is 9.11. The number of nitrogens with zero attached hydrogens (tertiary/aromatic N) is 5. The number of nitrogens with one attached hydrogen (secondary N) is 2. The van der Waals surface area contributed by atoms with Crippen molar-refractivity contribution in [3.63, 3.8) is 0 Å². The number of allylic oxidation sites excluding steroid dienone is 3. The smallest absolute Gasteiger partial charge is 0.253 e. The van der Waals surface area contributed by atoms with Crippen molar-refractivity contribution in [2.45, 2.75) is 25.9 Å². The Hall–Kier alpha value is -3.98. The SMILES string of the molecule is C=C/C(=C1/CNC(=O)/C1=C(/C)Nc1ccc(N2CCC(O)CC2)cn1)c1cnc2cnccn12. The second-order valence-electron chi connectivity index (χ2n) is 8.47. The van der Waals surface area contributed by atoms with Crippen LogP contribution in [0.3, 0.4) is 0 Å². The van der Waals surface area contributed by atoms with Crippen LogP contribution >= 0.6 is 0 Å². The van der Waals surface area contributed by atoms with Crippen LogP contribution in [0.15, 0.2) is 72.6 Å². The van der Waals surface area contributed by atoms with Crippen molar-refractivity contribution in [3.8, 4) is 0 Å². The monoisotopic (exact) mass is 457 g/mol. The first-order valence-corrected chi connectivity index (χ1v) is 11.3. The van der Waals surface area contributed by atoms with Crippen LogP contribution in [0.4, 0.5) is 11.5 Å². The van der Waals surface area contributed by atoms with Crippen molar-refractivity contribution < 1.29 is 9.90 Å². The molecule has 1 amide bonds. The lowest BCUT2D eigenvalue weighted by Crippen LogP contribution is -2.35. The molecule has 0 aliphatic carbocycles. The Bertz CT molecular complexity index is 1300. The number of aliphatic hydroxyl groups excluding tert-OH is 1. The van der Waals surface area contributed by atoms with Gasteiger partial charge in [0.15, 0.2) is 5.65 Å². The summed E-state index contributed by atoms with van der Waals surface area (Å²) in [6.45, 7) is 7.91. The van der Waals surface area contributed by atoms with Crippen molar-refractivity contribution in [2.75, 3.05) is 29.9 Å². The van der Waals surface area contributed by atoms with Gasteiger partial charge in [0.2, 0.25) is 0 Å². The zero-order valence-electron chi connectivity index (χ0n) is 19.0. The summed E-state index contributed by atoms with van der Waals surface area (Å²) in [7, 11) is 0. The van der Waals surface area contributed by atoms with Gasteiger partial charge in [-0.05, 0) is 37.5 Å². The fourth-order valence-electron chi connectivity index (χ4n) is 4.56. The quantitative estimate of drug-likeness (QED) is 0.506. The van der Waals surface area contributed by atoms with Crippen LogP contribution in [-0.2, 0) is 4.79 Å². The molecule has 0 unspecified atom stereocenters. The fraction of sp³-hybridized carbons (Fsp3) is 0.280. The van der Waals surface area contributed by atoms with E-state index in [4.69, 9.17) is 0 Å². The predicted molar refractivity (Wildman–Crippen MR) is 131 cm³/mol. The lowest BCUT2D eigenvalue weighted by atomic mass is 9.98. The Morgan fingerprint density at radius 3 is 2.79 bits per heavy atom. The predicted octanol–water partition coefficient (Wildman–Crippen LogP) is 2.54. The van der Waals surface area contributed by atoms with E-state index < -0.39 is 0 Å². The first-order valence-electron chi connectivity index (χ1n) is 11.3. The minimum atomic E-state index is -0.211. The van der Waals surface area contributed by atoms with E-state index in [1.807, 2.05) is 35.9 Å². The van der Waals surface area contributed by atoms with E-state index in [1.165, 1.54) is 0 Å². The van der Waals surface area contributed by atoms with Crippen molar-refractivity contribution in [2.24, 2.45) is 0 Å². The molecular formula is C25H27N7O2. The Balaban J connectivity index is 1.44. The van der Waals surface area contributed by atoms with E-state index in [-0.39, 0.29) is 12.0 Å². The van der Waals surface area contributed by atoms with E-state index in [2.05, 4.69) is 37.1 Å². The number of hydrogen-bond donors (Lipinski definition) is 3. The van der Waals surface area contributed by atoms with E-state index in [9.17, 15) is 9.90 Å². The van der Waals surface area contributed by atoms with Crippen molar-refractivity contribution >= 4 is 28.6 Å². The minimum Gasteiger partial charge on any atom is -0.393 e. The lowest BCUT2D eigenvalue weighted by Gasteiger charge is -2.31. The summed E-state index contributed by atoms with van der Waals surface area (Å²) in [6, 6.07) is 3.92. The van der Waals surface area contributed by atoms with Crippen LogP contribution in [0, 0.1) is 0 Å². The first kappa shape index (κ1) is 21.8. The Labute approximate surface area is 197 Å². The molecule has 0 spiro atoms. The molecule has 174 valence electrons. The zero-order chi connectivity index (χ0) is 23.7. The maximum Gasteiger partial charge on any atom is 0.253 e. The summed E-state index contributed by atoms with van der Waals surface area (Å²) in [6.07, 6.45) is 11.9. The van der Waals surface area contributed by atoms with Gasteiger partial charge in [-0.1, -0.05) is 12.7 Å². The van der Waals surface area contributed by atoms with Gasteiger partial charge in [-0.15, -0.1) is 0 Å². The van der Waals surface area contributed by atoms with Gasteiger partial charge in [-0.25, -0.2) is 9.97 Å². The third-order valence-electron chi connectivity index (χ3n) is 6.35. The van der Waals surface area contributed by atoms with Crippen molar-refractivity contribution in [1.82, 2.24) is 24.7 Å². The molecule has 2 aliphatic heterocycles. The molecule has 3 aromatic heterocycles. The molecule has 2 fully saturated rings. The molecule has 0 bridgehead atoms. The van der Waals surface area contributed by atoms with Crippen LogP contribution < -0.4 is 15.5 Å². The standard InChI is InChI=1S/C25H27N7O2/c1-3-19(21-14-28-23-15-26-8-11-32(21)23)20-13-29-25(34)24(20)16(2)30-22-5-4-17(12-27-22)31-9-6-18(33)7-10-31/h3-5,8,11-12,14-15,18,33H,1,6-7,9-10,13H2,2H3,(H,27,30)(H,29,34)/b20-19+,24-16-. The maximum absolute atomic E-state index is 12.8. The highest BCUT2D eigenvalue weighted by atomic mass is 16.3. The van der Waals surface area contributed by atoms with Crippen LogP contribution in [0.25, 0.3) is 11.2 Å². The van der Waals surface area contributed by atoms with E-state index in [1.54, 1.807) is 24.7 Å². The summed E-state index contributed by atoms with van der Waals surface area (Å²) in [5.41, 5.74) is 5.57. The molecular weight excluding hydrogens is 430 g/mol. The van der Waals surface area contributed by atoms with Gasteiger partial charge in [0, 0.05) is 43.3 Å². The van der Waals surface area contributed by atoms with Crippen LogP contribution in [0.1, 0.15) is 25.5 Å². The molecule has 2 saturated heterocycles. The number of carbonyl (C=O) groups excluding carboxylic acids is 1. The Morgan fingerprint density at radius 2 is 2.06 bits per heavy atom.